The quantitative estimate of drug-likeness (QED) is 0.709. The minimum atomic E-state index is -3.48. The molecule has 2 aromatic carbocycles. The highest BCUT2D eigenvalue weighted by Gasteiger charge is 2.13. The van der Waals surface area contributed by atoms with E-state index in [0.29, 0.717) is 17.9 Å². The first-order chi connectivity index (χ1) is 12.1. The zero-order chi connectivity index (χ0) is 17.7. The van der Waals surface area contributed by atoms with Crippen molar-refractivity contribution >= 4 is 10.0 Å². The first-order valence-corrected chi connectivity index (χ1v) is 9.74. The number of nitrogens with one attached hydrogen (secondary N) is 1. The molecular formula is C19H21N3O2S. The molecule has 6 heteroatoms. The van der Waals surface area contributed by atoms with Crippen molar-refractivity contribution in [2.45, 2.75) is 24.7 Å². The molecule has 0 bridgehead atoms. The van der Waals surface area contributed by atoms with Crippen LogP contribution < -0.4 is 4.72 Å². The van der Waals surface area contributed by atoms with E-state index in [0.717, 1.165) is 23.2 Å². The van der Waals surface area contributed by atoms with Crippen molar-refractivity contribution in [2.75, 3.05) is 6.54 Å². The molecule has 0 aliphatic rings. The molecule has 5 nitrogen and oxygen atoms in total. The maximum absolute atomic E-state index is 12.3. The van der Waals surface area contributed by atoms with Crippen LogP contribution in [0.2, 0.25) is 0 Å². The van der Waals surface area contributed by atoms with E-state index in [2.05, 4.69) is 9.82 Å². The van der Waals surface area contributed by atoms with E-state index in [-0.39, 0.29) is 0 Å². The number of rotatable bonds is 7. The molecule has 25 heavy (non-hydrogen) atoms. The van der Waals surface area contributed by atoms with Gasteiger partial charge in [-0.2, -0.15) is 5.10 Å². The molecule has 0 radical (unpaired) electrons. The summed E-state index contributed by atoms with van der Waals surface area (Å²) >= 11 is 0. The van der Waals surface area contributed by atoms with Gasteiger partial charge in [0.2, 0.25) is 10.0 Å². The summed E-state index contributed by atoms with van der Waals surface area (Å²) in [5.74, 6) is 0. The lowest BCUT2D eigenvalue weighted by Crippen LogP contribution is -2.25. The Morgan fingerprint density at radius 2 is 1.72 bits per heavy atom. The number of benzene rings is 2. The lowest BCUT2D eigenvalue weighted by atomic mass is 10.2. The van der Waals surface area contributed by atoms with Gasteiger partial charge in [-0.1, -0.05) is 37.3 Å². The summed E-state index contributed by atoms with van der Waals surface area (Å²) in [6, 6.07) is 16.8. The highest BCUT2D eigenvalue weighted by Crippen LogP contribution is 2.11. The molecule has 1 N–H and O–H groups in total. The molecule has 130 valence electrons. The smallest absolute Gasteiger partial charge is 0.240 e. The van der Waals surface area contributed by atoms with E-state index in [4.69, 9.17) is 0 Å². The van der Waals surface area contributed by atoms with Crippen molar-refractivity contribution in [2.24, 2.45) is 0 Å². The second-order valence-corrected chi connectivity index (χ2v) is 7.54. The van der Waals surface area contributed by atoms with Crippen LogP contribution in [0.3, 0.4) is 0 Å². The van der Waals surface area contributed by atoms with Gasteiger partial charge in [0.25, 0.3) is 0 Å². The van der Waals surface area contributed by atoms with Crippen molar-refractivity contribution < 1.29 is 8.42 Å². The largest absolute Gasteiger partial charge is 0.241 e. The molecule has 0 atom stereocenters. The second-order valence-electron chi connectivity index (χ2n) is 5.77. The van der Waals surface area contributed by atoms with Crippen LogP contribution in [-0.4, -0.2) is 24.7 Å². The molecule has 1 heterocycles. The molecule has 3 aromatic rings. The fourth-order valence-corrected chi connectivity index (χ4v) is 3.56. The van der Waals surface area contributed by atoms with Crippen LogP contribution in [0.25, 0.3) is 5.69 Å². The van der Waals surface area contributed by atoms with E-state index < -0.39 is 10.0 Å². The second kappa shape index (κ2) is 7.63. The third-order valence-corrected chi connectivity index (χ3v) is 5.48. The van der Waals surface area contributed by atoms with Gasteiger partial charge in [0.15, 0.2) is 0 Å². The van der Waals surface area contributed by atoms with Gasteiger partial charge in [-0.15, -0.1) is 0 Å². The molecule has 3 rings (SSSR count). The molecule has 0 fully saturated rings. The van der Waals surface area contributed by atoms with Crippen molar-refractivity contribution in [3.05, 3.63) is 78.1 Å². The molecule has 0 saturated carbocycles. The van der Waals surface area contributed by atoms with Crippen LogP contribution in [0.5, 0.6) is 0 Å². The molecule has 0 aliphatic carbocycles. The molecule has 0 aliphatic heterocycles. The predicted octanol–water partition coefficient (Wildman–Crippen LogP) is 2.96. The number of nitrogens with zero attached hydrogens (tertiary/aromatic N) is 2. The lowest BCUT2D eigenvalue weighted by Gasteiger charge is -2.06. The van der Waals surface area contributed by atoms with Crippen LogP contribution >= 0.6 is 0 Å². The predicted molar refractivity (Wildman–Crippen MR) is 98.3 cm³/mol. The summed E-state index contributed by atoms with van der Waals surface area (Å²) in [7, 11) is -3.48. The lowest BCUT2D eigenvalue weighted by molar-refractivity contribution is 0.581. The van der Waals surface area contributed by atoms with Gasteiger partial charge >= 0.3 is 0 Å². The van der Waals surface area contributed by atoms with Gasteiger partial charge < -0.3 is 0 Å². The summed E-state index contributed by atoms with van der Waals surface area (Å²) < 4.78 is 29.1. The fraction of sp³-hybridized carbons (Fsp3) is 0.211. The first kappa shape index (κ1) is 17.4. The highest BCUT2D eigenvalue weighted by atomic mass is 32.2. The number of aryl methyl sites for hydroxylation is 1. The first-order valence-electron chi connectivity index (χ1n) is 8.26. The Bertz CT molecular complexity index is 917. The Labute approximate surface area is 148 Å². The molecular weight excluding hydrogens is 334 g/mol. The van der Waals surface area contributed by atoms with Gasteiger partial charge in [0, 0.05) is 12.7 Å². The molecule has 1 aromatic heterocycles. The van der Waals surface area contributed by atoms with E-state index >= 15 is 0 Å². The average molecular weight is 355 g/mol. The van der Waals surface area contributed by atoms with E-state index in [1.165, 1.54) is 0 Å². The third kappa shape index (κ3) is 4.35. The van der Waals surface area contributed by atoms with E-state index in [1.807, 2.05) is 55.6 Å². The Morgan fingerprint density at radius 1 is 1.00 bits per heavy atom. The maximum atomic E-state index is 12.3. The van der Waals surface area contributed by atoms with Crippen LogP contribution in [0.15, 0.2) is 71.9 Å². The maximum Gasteiger partial charge on any atom is 0.240 e. The fourth-order valence-electron chi connectivity index (χ4n) is 2.53. The summed E-state index contributed by atoms with van der Waals surface area (Å²) in [6.45, 7) is 2.37. The Balaban J connectivity index is 1.59. The number of sulfonamides is 1. The number of hydrogen-bond donors (Lipinski definition) is 1. The van der Waals surface area contributed by atoms with Crippen LogP contribution in [0.4, 0.5) is 0 Å². The van der Waals surface area contributed by atoms with Crippen molar-refractivity contribution in [3.8, 4) is 5.69 Å². The summed E-state index contributed by atoms with van der Waals surface area (Å²) in [5.41, 5.74) is 3.07. The summed E-state index contributed by atoms with van der Waals surface area (Å²) in [6.07, 6.45) is 5.15. The Hall–Kier alpha value is -2.44. The zero-order valence-corrected chi connectivity index (χ0v) is 14.9. The minimum Gasteiger partial charge on any atom is -0.241 e. The van der Waals surface area contributed by atoms with Gasteiger partial charge in [0.1, 0.15) is 0 Å². The van der Waals surface area contributed by atoms with Gasteiger partial charge in [-0.05, 0) is 48.2 Å². The monoisotopic (exact) mass is 355 g/mol. The summed E-state index contributed by atoms with van der Waals surface area (Å²) in [5, 5.41) is 4.32. The van der Waals surface area contributed by atoms with Crippen molar-refractivity contribution in [1.82, 2.24) is 14.5 Å². The average Bonchev–Trinajstić information content (AvgIpc) is 3.11. The van der Waals surface area contributed by atoms with Gasteiger partial charge in [-0.3, -0.25) is 0 Å². The Kier molecular flexibility index (Phi) is 5.31. The van der Waals surface area contributed by atoms with Crippen LogP contribution in [-0.2, 0) is 22.9 Å². The molecule has 0 amide bonds. The molecule has 0 spiro atoms. The number of aromatic nitrogens is 2. The van der Waals surface area contributed by atoms with Gasteiger partial charge in [0.05, 0.1) is 16.8 Å². The zero-order valence-electron chi connectivity index (χ0n) is 14.1. The van der Waals surface area contributed by atoms with E-state index in [1.54, 1.807) is 23.0 Å². The van der Waals surface area contributed by atoms with E-state index in [9.17, 15) is 8.42 Å². The summed E-state index contributed by atoms with van der Waals surface area (Å²) in [4.78, 5) is 0.296. The van der Waals surface area contributed by atoms with Crippen LogP contribution in [0.1, 0.15) is 18.1 Å². The topological polar surface area (TPSA) is 64.0 Å². The normalized spacial score (nSPS) is 11.6. The number of hydrogen-bond acceptors (Lipinski definition) is 3. The van der Waals surface area contributed by atoms with Crippen LogP contribution in [0, 0.1) is 0 Å². The van der Waals surface area contributed by atoms with Crippen molar-refractivity contribution in [3.63, 3.8) is 0 Å². The Morgan fingerprint density at radius 3 is 2.40 bits per heavy atom. The SMILES string of the molecule is CCc1ccc(S(=O)(=O)NCCc2cnn(-c3ccccc3)c2)cc1. The third-order valence-electron chi connectivity index (χ3n) is 4.00. The minimum absolute atomic E-state index is 0.296. The highest BCUT2D eigenvalue weighted by molar-refractivity contribution is 7.89. The van der Waals surface area contributed by atoms with Gasteiger partial charge in [-0.25, -0.2) is 17.8 Å². The van der Waals surface area contributed by atoms with Crippen molar-refractivity contribution in [1.29, 1.82) is 0 Å². The molecule has 0 saturated heterocycles. The standard InChI is InChI=1S/C19H21N3O2S/c1-2-16-8-10-19(11-9-16)25(23,24)21-13-12-17-14-20-22(15-17)18-6-4-3-5-7-18/h3-11,14-15,21H,2,12-13H2,1H3. The molecule has 0 unspecified atom stereocenters. The number of para-hydroxylation sites is 1.